The average Bonchev–Trinajstić information content (AvgIpc) is 3.01. The Hall–Kier alpha value is -1.14. The van der Waals surface area contributed by atoms with Gasteiger partial charge in [-0.25, -0.2) is 0 Å². The fourth-order valence-corrected chi connectivity index (χ4v) is 1.72. The van der Waals surface area contributed by atoms with E-state index in [1.165, 1.54) is 12.1 Å². The van der Waals surface area contributed by atoms with E-state index in [0.29, 0.717) is 5.56 Å². The number of aromatic hydroxyl groups is 1. The fraction of sp³-hybridized carbons (Fsp3) is 0.455. The molecule has 1 saturated carbocycles. The number of phenolic OH excluding ortho intramolecular Hbond substituents is 1. The Bertz CT molecular complexity index is 421. The number of hydrogen-bond donors (Lipinski definition) is 2. The molecule has 0 aromatic heterocycles. The van der Waals surface area contributed by atoms with Gasteiger partial charge in [-0.1, -0.05) is 12.1 Å². The average molecular weight is 284 g/mol. The van der Waals surface area contributed by atoms with Crippen LogP contribution >= 0.6 is 12.4 Å². The number of benzene rings is 1. The molecule has 1 aliphatic carbocycles. The van der Waals surface area contributed by atoms with Gasteiger partial charge in [0.05, 0.1) is 0 Å². The first-order valence-corrected chi connectivity index (χ1v) is 5.21. The van der Waals surface area contributed by atoms with Gasteiger partial charge in [-0.3, -0.25) is 0 Å². The molecule has 1 aromatic rings. The van der Waals surface area contributed by atoms with Crippen LogP contribution < -0.4 is 10.5 Å². The first-order chi connectivity index (χ1) is 7.88. The molecule has 0 radical (unpaired) electrons. The van der Waals surface area contributed by atoms with Crippen LogP contribution in [0.1, 0.15) is 24.4 Å². The van der Waals surface area contributed by atoms with Gasteiger partial charge in [0.1, 0.15) is 0 Å². The van der Waals surface area contributed by atoms with Crippen LogP contribution in [-0.4, -0.2) is 11.5 Å². The highest BCUT2D eigenvalue weighted by Gasteiger charge is 2.35. The second kappa shape index (κ2) is 5.24. The fourth-order valence-electron chi connectivity index (χ4n) is 1.72. The lowest BCUT2D eigenvalue weighted by atomic mass is 10.0. The predicted molar refractivity (Wildman–Crippen MR) is 61.7 cm³/mol. The molecule has 1 atom stereocenters. The Morgan fingerprint density at radius 1 is 1.33 bits per heavy atom. The van der Waals surface area contributed by atoms with Gasteiger partial charge in [0.15, 0.2) is 11.5 Å². The molecule has 1 fully saturated rings. The zero-order chi connectivity index (χ0) is 12.6. The monoisotopic (exact) mass is 283 g/mol. The van der Waals surface area contributed by atoms with Gasteiger partial charge in [-0.05, 0) is 24.8 Å². The van der Waals surface area contributed by atoms with Crippen molar-refractivity contribution in [1.29, 1.82) is 0 Å². The summed E-state index contributed by atoms with van der Waals surface area (Å²) in [7, 11) is 0. The molecule has 7 heteroatoms. The van der Waals surface area contributed by atoms with Crippen molar-refractivity contribution in [2.75, 3.05) is 0 Å². The van der Waals surface area contributed by atoms with Crippen LogP contribution in [0.5, 0.6) is 11.5 Å². The van der Waals surface area contributed by atoms with E-state index in [9.17, 15) is 18.3 Å². The molecule has 18 heavy (non-hydrogen) atoms. The van der Waals surface area contributed by atoms with Gasteiger partial charge in [0, 0.05) is 11.6 Å². The minimum atomic E-state index is -4.82. The maximum Gasteiger partial charge on any atom is 0.573 e. The van der Waals surface area contributed by atoms with Crippen molar-refractivity contribution in [3.63, 3.8) is 0 Å². The van der Waals surface area contributed by atoms with Crippen molar-refractivity contribution in [2.45, 2.75) is 25.2 Å². The first-order valence-electron chi connectivity index (χ1n) is 5.21. The summed E-state index contributed by atoms with van der Waals surface area (Å²) in [5, 5.41) is 9.69. The highest BCUT2D eigenvalue weighted by atomic mass is 35.5. The zero-order valence-electron chi connectivity index (χ0n) is 9.28. The molecule has 0 unspecified atom stereocenters. The predicted octanol–water partition coefficient (Wildman–Crippen LogP) is 3.12. The Kier molecular flexibility index (Phi) is 4.34. The third-order valence-electron chi connectivity index (χ3n) is 2.74. The van der Waals surface area contributed by atoms with Gasteiger partial charge in [0.25, 0.3) is 0 Å². The molecule has 102 valence electrons. The number of alkyl halides is 3. The van der Waals surface area contributed by atoms with E-state index in [4.69, 9.17) is 5.73 Å². The van der Waals surface area contributed by atoms with Gasteiger partial charge >= 0.3 is 6.36 Å². The maximum atomic E-state index is 12.1. The maximum absolute atomic E-state index is 12.1. The quantitative estimate of drug-likeness (QED) is 0.896. The highest BCUT2D eigenvalue weighted by molar-refractivity contribution is 5.85. The van der Waals surface area contributed by atoms with E-state index >= 15 is 0 Å². The topological polar surface area (TPSA) is 55.5 Å². The summed E-state index contributed by atoms with van der Waals surface area (Å²) in [5.74, 6) is -0.891. The number of rotatable bonds is 3. The lowest BCUT2D eigenvalue weighted by molar-refractivity contribution is -0.275. The molecular formula is C11H13ClF3NO2. The normalized spacial score (nSPS) is 16.9. The van der Waals surface area contributed by atoms with Crippen LogP contribution in [0.4, 0.5) is 13.2 Å². The van der Waals surface area contributed by atoms with Crippen LogP contribution in [0, 0.1) is 5.92 Å². The minimum absolute atomic E-state index is 0. The molecular weight excluding hydrogens is 271 g/mol. The molecule has 0 bridgehead atoms. The SMILES string of the molecule is Cl.N[C@H](c1cccc(OC(F)(F)F)c1O)C1CC1. The third kappa shape index (κ3) is 3.43. The largest absolute Gasteiger partial charge is 0.573 e. The molecule has 0 saturated heterocycles. The smallest absolute Gasteiger partial charge is 0.504 e. The summed E-state index contributed by atoms with van der Waals surface area (Å²) in [6, 6.07) is 3.53. The Morgan fingerprint density at radius 3 is 2.44 bits per heavy atom. The van der Waals surface area contributed by atoms with Gasteiger partial charge in [0.2, 0.25) is 0 Å². The van der Waals surface area contributed by atoms with E-state index in [0.717, 1.165) is 18.9 Å². The molecule has 0 spiro atoms. The minimum Gasteiger partial charge on any atom is -0.504 e. The van der Waals surface area contributed by atoms with Crippen LogP contribution in [-0.2, 0) is 0 Å². The van der Waals surface area contributed by atoms with Crippen LogP contribution in [0.2, 0.25) is 0 Å². The van der Waals surface area contributed by atoms with Crippen LogP contribution in [0.15, 0.2) is 18.2 Å². The van der Waals surface area contributed by atoms with Gasteiger partial charge in [-0.2, -0.15) is 0 Å². The van der Waals surface area contributed by atoms with E-state index in [-0.39, 0.29) is 18.3 Å². The van der Waals surface area contributed by atoms with Crippen LogP contribution in [0.25, 0.3) is 0 Å². The van der Waals surface area contributed by atoms with Crippen molar-refractivity contribution >= 4 is 12.4 Å². The summed E-state index contributed by atoms with van der Waals surface area (Å²) < 4.78 is 39.9. The molecule has 0 aliphatic heterocycles. The lowest BCUT2D eigenvalue weighted by Gasteiger charge is -2.16. The van der Waals surface area contributed by atoms with Crippen molar-refractivity contribution in [3.05, 3.63) is 23.8 Å². The van der Waals surface area contributed by atoms with Crippen molar-refractivity contribution < 1.29 is 23.0 Å². The number of halogens is 4. The summed E-state index contributed by atoms with van der Waals surface area (Å²) in [6.45, 7) is 0. The number of nitrogens with two attached hydrogens (primary N) is 1. The number of ether oxygens (including phenoxy) is 1. The number of para-hydroxylation sites is 1. The molecule has 3 nitrogen and oxygen atoms in total. The second-order valence-electron chi connectivity index (χ2n) is 4.10. The standard InChI is InChI=1S/C11H12F3NO2.ClH/c12-11(13,14)17-8-3-1-2-7(10(8)16)9(15)6-4-5-6;/h1-3,6,9,16H,4-5,15H2;1H/t9-;/m0./s1. The Morgan fingerprint density at radius 2 is 1.94 bits per heavy atom. The van der Waals surface area contributed by atoms with Crippen LogP contribution in [0.3, 0.4) is 0 Å². The summed E-state index contributed by atoms with van der Waals surface area (Å²) in [6.07, 6.45) is -2.95. The van der Waals surface area contributed by atoms with E-state index in [1.54, 1.807) is 0 Å². The zero-order valence-corrected chi connectivity index (χ0v) is 10.1. The summed E-state index contributed by atoms with van der Waals surface area (Å²) in [4.78, 5) is 0. The van der Waals surface area contributed by atoms with Crippen molar-refractivity contribution in [3.8, 4) is 11.5 Å². The van der Waals surface area contributed by atoms with Crippen molar-refractivity contribution in [2.24, 2.45) is 11.7 Å². The second-order valence-corrected chi connectivity index (χ2v) is 4.10. The molecule has 0 heterocycles. The Balaban J connectivity index is 0.00000162. The summed E-state index contributed by atoms with van der Waals surface area (Å²) >= 11 is 0. The number of phenols is 1. The summed E-state index contributed by atoms with van der Waals surface area (Å²) in [5.41, 5.74) is 6.14. The molecule has 0 amide bonds. The van der Waals surface area contributed by atoms with Gasteiger partial charge < -0.3 is 15.6 Å². The van der Waals surface area contributed by atoms with E-state index in [2.05, 4.69) is 4.74 Å². The van der Waals surface area contributed by atoms with E-state index in [1.807, 2.05) is 0 Å². The van der Waals surface area contributed by atoms with Gasteiger partial charge in [-0.15, -0.1) is 25.6 Å². The highest BCUT2D eigenvalue weighted by Crippen LogP contribution is 2.44. The van der Waals surface area contributed by atoms with E-state index < -0.39 is 23.9 Å². The number of hydrogen-bond acceptors (Lipinski definition) is 3. The molecule has 1 aliphatic rings. The molecule has 3 N–H and O–H groups in total. The third-order valence-corrected chi connectivity index (χ3v) is 2.74. The first kappa shape index (κ1) is 14.9. The molecule has 2 rings (SSSR count). The Labute approximate surface area is 108 Å². The molecule has 1 aromatic carbocycles. The van der Waals surface area contributed by atoms with Crippen molar-refractivity contribution in [1.82, 2.24) is 0 Å². The lowest BCUT2D eigenvalue weighted by Crippen LogP contribution is -2.18.